The third-order valence-electron chi connectivity index (χ3n) is 2.91. The molecule has 0 bridgehead atoms. The maximum Gasteiger partial charge on any atom is 0.139 e. The van der Waals surface area contributed by atoms with Crippen molar-refractivity contribution in [2.75, 3.05) is 6.61 Å². The minimum atomic E-state index is -1.01. The van der Waals surface area contributed by atoms with Gasteiger partial charge in [-0.1, -0.05) is 29.3 Å². The average Bonchev–Trinajstić information content (AvgIpc) is 2.45. The van der Waals surface area contributed by atoms with E-state index in [4.69, 9.17) is 27.9 Å². The van der Waals surface area contributed by atoms with Gasteiger partial charge in [0.05, 0.1) is 21.1 Å². The molecule has 112 valence electrons. The summed E-state index contributed by atoms with van der Waals surface area (Å²) in [6.45, 7) is 2.30. The van der Waals surface area contributed by atoms with Gasteiger partial charge in [-0.25, -0.2) is 4.39 Å². The SMILES string of the molecule is CCOc1cc(Cl)c(C(O)c2ccc(F)c(Br)c2)cc1Cl. The van der Waals surface area contributed by atoms with Crippen molar-refractivity contribution in [3.63, 3.8) is 0 Å². The molecule has 0 heterocycles. The first-order chi connectivity index (χ1) is 9.93. The molecule has 0 spiro atoms. The van der Waals surface area contributed by atoms with Crippen LogP contribution >= 0.6 is 39.1 Å². The standard InChI is InChI=1S/C15H12BrCl2FO2/c1-2-21-14-7-11(17)9(6-12(14)18)15(20)8-3-4-13(19)10(16)5-8/h3-7,15,20H,2H2,1H3. The maximum absolute atomic E-state index is 13.3. The van der Waals surface area contributed by atoms with Gasteiger partial charge in [-0.05, 0) is 46.6 Å². The van der Waals surface area contributed by atoms with Crippen LogP contribution in [0.3, 0.4) is 0 Å². The Morgan fingerprint density at radius 1 is 1.24 bits per heavy atom. The van der Waals surface area contributed by atoms with Gasteiger partial charge in [-0.2, -0.15) is 0 Å². The van der Waals surface area contributed by atoms with Gasteiger partial charge in [0, 0.05) is 11.6 Å². The number of rotatable bonds is 4. The fourth-order valence-corrected chi connectivity index (χ4v) is 2.76. The number of aliphatic hydroxyl groups is 1. The Kier molecular flexibility index (Phi) is 5.49. The lowest BCUT2D eigenvalue weighted by Crippen LogP contribution is -2.02. The van der Waals surface area contributed by atoms with Crippen molar-refractivity contribution in [3.05, 3.63) is 61.8 Å². The van der Waals surface area contributed by atoms with E-state index in [0.29, 0.717) is 33.5 Å². The number of hydrogen-bond acceptors (Lipinski definition) is 2. The largest absolute Gasteiger partial charge is 0.492 e. The summed E-state index contributed by atoms with van der Waals surface area (Å²) >= 11 is 15.4. The molecule has 1 unspecified atom stereocenters. The van der Waals surface area contributed by atoms with Crippen LogP contribution in [0.1, 0.15) is 24.2 Å². The molecule has 0 amide bonds. The molecule has 2 rings (SSSR count). The van der Waals surface area contributed by atoms with Gasteiger partial charge in [0.15, 0.2) is 0 Å². The highest BCUT2D eigenvalue weighted by Crippen LogP contribution is 2.37. The van der Waals surface area contributed by atoms with Crippen LogP contribution in [-0.2, 0) is 0 Å². The second-order valence-electron chi connectivity index (χ2n) is 4.31. The van der Waals surface area contributed by atoms with Crippen LogP contribution < -0.4 is 4.74 Å². The molecule has 2 aromatic carbocycles. The van der Waals surface area contributed by atoms with Crippen molar-refractivity contribution >= 4 is 39.1 Å². The summed E-state index contributed by atoms with van der Waals surface area (Å²) in [7, 11) is 0. The minimum absolute atomic E-state index is 0.271. The predicted octanol–water partition coefficient (Wildman–Crippen LogP) is 5.38. The second-order valence-corrected chi connectivity index (χ2v) is 5.98. The van der Waals surface area contributed by atoms with Crippen LogP contribution in [0.5, 0.6) is 5.75 Å². The molecule has 0 aliphatic rings. The lowest BCUT2D eigenvalue weighted by Gasteiger charge is -2.16. The third-order valence-corrected chi connectivity index (χ3v) is 4.14. The first-order valence-electron chi connectivity index (χ1n) is 6.18. The van der Waals surface area contributed by atoms with Gasteiger partial charge in [0.25, 0.3) is 0 Å². The lowest BCUT2D eigenvalue weighted by molar-refractivity contribution is 0.220. The highest BCUT2D eigenvalue weighted by molar-refractivity contribution is 9.10. The number of benzene rings is 2. The summed E-state index contributed by atoms with van der Waals surface area (Å²) in [4.78, 5) is 0. The van der Waals surface area contributed by atoms with Crippen molar-refractivity contribution in [2.24, 2.45) is 0 Å². The quantitative estimate of drug-likeness (QED) is 0.755. The fraction of sp³-hybridized carbons (Fsp3) is 0.200. The maximum atomic E-state index is 13.3. The molecule has 2 aromatic rings. The minimum Gasteiger partial charge on any atom is -0.492 e. The molecule has 21 heavy (non-hydrogen) atoms. The second kappa shape index (κ2) is 6.97. The van der Waals surface area contributed by atoms with Gasteiger partial charge in [-0.3, -0.25) is 0 Å². The van der Waals surface area contributed by atoms with Crippen molar-refractivity contribution < 1.29 is 14.2 Å². The van der Waals surface area contributed by atoms with Gasteiger partial charge < -0.3 is 9.84 Å². The first kappa shape index (κ1) is 16.6. The lowest BCUT2D eigenvalue weighted by atomic mass is 10.0. The molecular formula is C15H12BrCl2FO2. The number of ether oxygens (including phenoxy) is 1. The molecule has 0 aliphatic heterocycles. The molecule has 6 heteroatoms. The van der Waals surface area contributed by atoms with Gasteiger partial charge in [0.2, 0.25) is 0 Å². The number of hydrogen-bond donors (Lipinski definition) is 1. The van der Waals surface area contributed by atoms with Crippen LogP contribution in [0.2, 0.25) is 10.0 Å². The fourth-order valence-electron chi connectivity index (χ4n) is 1.88. The van der Waals surface area contributed by atoms with E-state index in [2.05, 4.69) is 15.9 Å². The van der Waals surface area contributed by atoms with E-state index in [0.717, 1.165) is 0 Å². The normalized spacial score (nSPS) is 12.3. The van der Waals surface area contributed by atoms with E-state index >= 15 is 0 Å². The van der Waals surface area contributed by atoms with Gasteiger partial charge in [0.1, 0.15) is 17.7 Å². The van der Waals surface area contributed by atoms with Crippen LogP contribution in [0.4, 0.5) is 4.39 Å². The summed E-state index contributed by atoms with van der Waals surface area (Å²) in [6, 6.07) is 7.38. The zero-order valence-corrected chi connectivity index (χ0v) is 14.1. The van der Waals surface area contributed by atoms with Crippen molar-refractivity contribution in [1.29, 1.82) is 0 Å². The monoisotopic (exact) mass is 392 g/mol. The summed E-state index contributed by atoms with van der Waals surface area (Å²) in [5.41, 5.74) is 0.939. The third kappa shape index (κ3) is 3.69. The number of aliphatic hydroxyl groups excluding tert-OH is 1. The van der Waals surface area contributed by atoms with E-state index in [9.17, 15) is 9.50 Å². The van der Waals surface area contributed by atoms with E-state index in [1.165, 1.54) is 18.2 Å². The zero-order chi connectivity index (χ0) is 15.6. The highest BCUT2D eigenvalue weighted by atomic mass is 79.9. The Bertz CT molecular complexity index is 664. The molecule has 1 atom stereocenters. The first-order valence-corrected chi connectivity index (χ1v) is 7.73. The molecule has 2 nitrogen and oxygen atoms in total. The molecule has 0 fully saturated rings. The van der Waals surface area contributed by atoms with E-state index < -0.39 is 11.9 Å². The van der Waals surface area contributed by atoms with Crippen molar-refractivity contribution in [3.8, 4) is 5.75 Å². The van der Waals surface area contributed by atoms with E-state index in [1.54, 1.807) is 12.1 Å². The summed E-state index contributed by atoms with van der Waals surface area (Å²) < 4.78 is 18.9. The van der Waals surface area contributed by atoms with Crippen LogP contribution in [0.25, 0.3) is 0 Å². The molecule has 0 saturated heterocycles. The predicted molar refractivity (Wildman–Crippen MR) is 85.8 cm³/mol. The Hall–Kier alpha value is -0.810. The topological polar surface area (TPSA) is 29.5 Å². The van der Waals surface area contributed by atoms with Crippen LogP contribution in [-0.4, -0.2) is 11.7 Å². The molecule has 0 radical (unpaired) electrons. The molecule has 1 N–H and O–H groups in total. The van der Waals surface area contributed by atoms with Crippen molar-refractivity contribution in [2.45, 2.75) is 13.0 Å². The Balaban J connectivity index is 2.40. The number of halogens is 4. The molecule has 0 saturated carbocycles. The zero-order valence-electron chi connectivity index (χ0n) is 11.0. The van der Waals surface area contributed by atoms with Gasteiger partial charge in [-0.15, -0.1) is 0 Å². The van der Waals surface area contributed by atoms with Crippen LogP contribution in [0.15, 0.2) is 34.8 Å². The van der Waals surface area contributed by atoms with E-state index in [1.807, 2.05) is 6.92 Å². The Morgan fingerprint density at radius 2 is 1.95 bits per heavy atom. The summed E-state index contributed by atoms with van der Waals surface area (Å²) in [5.74, 6) is 0.0576. The Labute approximate surface area is 140 Å². The van der Waals surface area contributed by atoms with E-state index in [-0.39, 0.29) is 4.47 Å². The molecule has 0 aliphatic carbocycles. The highest BCUT2D eigenvalue weighted by Gasteiger charge is 2.18. The molecular weight excluding hydrogens is 382 g/mol. The summed E-state index contributed by atoms with van der Waals surface area (Å²) in [5, 5.41) is 11.1. The van der Waals surface area contributed by atoms with Gasteiger partial charge >= 0.3 is 0 Å². The molecule has 0 aromatic heterocycles. The summed E-state index contributed by atoms with van der Waals surface area (Å²) in [6.07, 6.45) is -1.01. The Morgan fingerprint density at radius 3 is 2.57 bits per heavy atom. The average molecular weight is 394 g/mol. The smallest absolute Gasteiger partial charge is 0.139 e. The van der Waals surface area contributed by atoms with Crippen LogP contribution in [0, 0.1) is 5.82 Å². The van der Waals surface area contributed by atoms with Crippen molar-refractivity contribution in [1.82, 2.24) is 0 Å².